The molecule has 0 amide bonds. The minimum Gasteiger partial charge on any atom is -0.396 e. The van der Waals surface area contributed by atoms with E-state index in [2.05, 4.69) is 34.3 Å². The summed E-state index contributed by atoms with van der Waals surface area (Å²) in [6.45, 7) is 12.7. The van der Waals surface area contributed by atoms with Crippen LogP contribution in [0.2, 0.25) is 0 Å². The summed E-state index contributed by atoms with van der Waals surface area (Å²) in [4.78, 5) is 0. The van der Waals surface area contributed by atoms with E-state index in [-0.39, 0.29) is 12.0 Å². The van der Waals surface area contributed by atoms with Crippen LogP contribution in [0.15, 0.2) is 12.7 Å². The standard InChI is InChI=1S/C11H22O/c1-6-7-11(4,5)10(8-12)9(2)3/h6,9-10,12H,1,7-8H2,2-5H3/t10-/m0/s1. The molecule has 0 rings (SSSR count). The van der Waals surface area contributed by atoms with Crippen molar-refractivity contribution in [2.75, 3.05) is 6.61 Å². The highest BCUT2D eigenvalue weighted by Gasteiger charge is 2.29. The van der Waals surface area contributed by atoms with Crippen molar-refractivity contribution in [1.29, 1.82) is 0 Å². The van der Waals surface area contributed by atoms with Crippen molar-refractivity contribution in [2.45, 2.75) is 34.1 Å². The number of rotatable bonds is 5. The molecule has 0 saturated carbocycles. The van der Waals surface area contributed by atoms with Gasteiger partial charge in [-0.3, -0.25) is 0 Å². The van der Waals surface area contributed by atoms with E-state index in [4.69, 9.17) is 0 Å². The molecule has 1 N–H and O–H groups in total. The predicted molar refractivity (Wildman–Crippen MR) is 54.0 cm³/mol. The molecule has 0 aromatic rings. The van der Waals surface area contributed by atoms with Gasteiger partial charge >= 0.3 is 0 Å². The minimum atomic E-state index is 0.171. The normalized spacial score (nSPS) is 14.8. The van der Waals surface area contributed by atoms with Crippen LogP contribution < -0.4 is 0 Å². The van der Waals surface area contributed by atoms with E-state index in [0.717, 1.165) is 6.42 Å². The Morgan fingerprint density at radius 1 is 1.42 bits per heavy atom. The Balaban J connectivity index is 4.35. The highest BCUT2D eigenvalue weighted by molar-refractivity contribution is 4.86. The van der Waals surface area contributed by atoms with Gasteiger partial charge in [-0.15, -0.1) is 6.58 Å². The molecule has 0 aromatic carbocycles. The van der Waals surface area contributed by atoms with E-state index in [1.807, 2.05) is 6.08 Å². The van der Waals surface area contributed by atoms with E-state index in [0.29, 0.717) is 11.8 Å². The van der Waals surface area contributed by atoms with Crippen molar-refractivity contribution in [3.05, 3.63) is 12.7 Å². The molecule has 1 atom stereocenters. The molecule has 0 aliphatic heterocycles. The molecule has 0 aliphatic rings. The van der Waals surface area contributed by atoms with Crippen molar-refractivity contribution < 1.29 is 5.11 Å². The van der Waals surface area contributed by atoms with Crippen LogP contribution in [-0.4, -0.2) is 11.7 Å². The summed E-state index contributed by atoms with van der Waals surface area (Å²) in [7, 11) is 0. The first-order chi connectivity index (χ1) is 5.45. The van der Waals surface area contributed by atoms with Gasteiger partial charge in [0.25, 0.3) is 0 Å². The van der Waals surface area contributed by atoms with Gasteiger partial charge < -0.3 is 5.11 Å². The summed E-state index contributed by atoms with van der Waals surface area (Å²) >= 11 is 0. The maximum atomic E-state index is 9.22. The molecule has 0 unspecified atom stereocenters. The van der Waals surface area contributed by atoms with Crippen LogP contribution in [0.5, 0.6) is 0 Å². The number of aliphatic hydroxyl groups is 1. The topological polar surface area (TPSA) is 20.2 Å². The van der Waals surface area contributed by atoms with E-state index in [1.54, 1.807) is 0 Å². The molecule has 12 heavy (non-hydrogen) atoms. The van der Waals surface area contributed by atoms with Gasteiger partial charge in [0.2, 0.25) is 0 Å². The minimum absolute atomic E-state index is 0.171. The summed E-state index contributed by atoms with van der Waals surface area (Å²) < 4.78 is 0. The molecule has 0 bridgehead atoms. The first kappa shape index (κ1) is 11.7. The van der Waals surface area contributed by atoms with Gasteiger partial charge in [-0.1, -0.05) is 33.8 Å². The van der Waals surface area contributed by atoms with E-state index >= 15 is 0 Å². The zero-order valence-electron chi connectivity index (χ0n) is 8.80. The fourth-order valence-corrected chi connectivity index (χ4v) is 1.88. The van der Waals surface area contributed by atoms with Crippen LogP contribution >= 0.6 is 0 Å². The average Bonchev–Trinajstić information content (AvgIpc) is 1.86. The Morgan fingerprint density at radius 2 is 1.92 bits per heavy atom. The summed E-state index contributed by atoms with van der Waals surface area (Å²) in [5.74, 6) is 0.903. The Hall–Kier alpha value is -0.300. The summed E-state index contributed by atoms with van der Waals surface area (Å²) in [6, 6.07) is 0. The van der Waals surface area contributed by atoms with Crippen LogP contribution in [0, 0.1) is 17.3 Å². The van der Waals surface area contributed by atoms with Crippen molar-refractivity contribution in [1.82, 2.24) is 0 Å². The molecule has 0 fully saturated rings. The number of hydrogen-bond acceptors (Lipinski definition) is 1. The lowest BCUT2D eigenvalue weighted by Gasteiger charge is -2.35. The first-order valence-electron chi connectivity index (χ1n) is 4.67. The average molecular weight is 170 g/mol. The number of hydrogen-bond donors (Lipinski definition) is 1. The largest absolute Gasteiger partial charge is 0.396 e. The Kier molecular flexibility index (Phi) is 4.54. The van der Waals surface area contributed by atoms with Gasteiger partial charge in [-0.25, -0.2) is 0 Å². The Morgan fingerprint density at radius 3 is 2.17 bits per heavy atom. The molecule has 72 valence electrons. The lowest BCUT2D eigenvalue weighted by atomic mass is 9.71. The molecule has 0 saturated heterocycles. The molecule has 0 aromatic heterocycles. The molecule has 0 spiro atoms. The molecule has 0 radical (unpaired) electrons. The zero-order chi connectivity index (χ0) is 9.78. The smallest absolute Gasteiger partial charge is 0.0466 e. The van der Waals surface area contributed by atoms with Crippen LogP contribution in [0.1, 0.15) is 34.1 Å². The third kappa shape index (κ3) is 2.98. The lowest BCUT2D eigenvalue weighted by molar-refractivity contribution is 0.0811. The number of aliphatic hydroxyl groups excluding tert-OH is 1. The Labute approximate surface area is 76.5 Å². The van der Waals surface area contributed by atoms with Gasteiger partial charge in [-0.2, -0.15) is 0 Å². The van der Waals surface area contributed by atoms with Crippen LogP contribution in [0.25, 0.3) is 0 Å². The zero-order valence-corrected chi connectivity index (χ0v) is 8.80. The highest BCUT2D eigenvalue weighted by Crippen LogP contribution is 2.35. The van der Waals surface area contributed by atoms with Crippen molar-refractivity contribution in [3.8, 4) is 0 Å². The first-order valence-corrected chi connectivity index (χ1v) is 4.67. The lowest BCUT2D eigenvalue weighted by Crippen LogP contribution is -2.30. The molecule has 1 nitrogen and oxygen atoms in total. The van der Waals surface area contributed by atoms with Crippen molar-refractivity contribution in [3.63, 3.8) is 0 Å². The maximum absolute atomic E-state index is 9.22. The highest BCUT2D eigenvalue weighted by atomic mass is 16.3. The Bertz CT molecular complexity index is 136. The second-order valence-corrected chi connectivity index (χ2v) is 4.51. The van der Waals surface area contributed by atoms with E-state index < -0.39 is 0 Å². The van der Waals surface area contributed by atoms with Gasteiger partial charge in [0, 0.05) is 6.61 Å². The van der Waals surface area contributed by atoms with Crippen molar-refractivity contribution in [2.24, 2.45) is 17.3 Å². The summed E-state index contributed by atoms with van der Waals surface area (Å²) in [5, 5.41) is 9.22. The summed E-state index contributed by atoms with van der Waals surface area (Å²) in [5.41, 5.74) is 0.171. The van der Waals surface area contributed by atoms with Crippen molar-refractivity contribution >= 4 is 0 Å². The van der Waals surface area contributed by atoms with Gasteiger partial charge in [0.15, 0.2) is 0 Å². The quantitative estimate of drug-likeness (QED) is 0.629. The van der Waals surface area contributed by atoms with Gasteiger partial charge in [0.1, 0.15) is 0 Å². The monoisotopic (exact) mass is 170 g/mol. The third-order valence-electron chi connectivity index (χ3n) is 2.68. The van der Waals surface area contributed by atoms with Crippen LogP contribution in [-0.2, 0) is 0 Å². The molecule has 0 aliphatic carbocycles. The molecule has 0 heterocycles. The van der Waals surface area contributed by atoms with Crippen LogP contribution in [0.3, 0.4) is 0 Å². The second-order valence-electron chi connectivity index (χ2n) is 4.51. The van der Waals surface area contributed by atoms with E-state index in [9.17, 15) is 5.11 Å². The fraction of sp³-hybridized carbons (Fsp3) is 0.818. The number of allylic oxidation sites excluding steroid dienone is 1. The molecule has 1 heteroatoms. The fourth-order valence-electron chi connectivity index (χ4n) is 1.88. The van der Waals surface area contributed by atoms with E-state index in [1.165, 1.54) is 0 Å². The maximum Gasteiger partial charge on any atom is 0.0466 e. The van der Waals surface area contributed by atoms with Gasteiger partial charge in [-0.05, 0) is 23.7 Å². The SMILES string of the molecule is C=CCC(C)(C)[C@@H](CO)C(C)C. The second kappa shape index (κ2) is 4.66. The predicted octanol–water partition coefficient (Wildman–Crippen LogP) is 2.85. The van der Waals surface area contributed by atoms with Crippen LogP contribution in [0.4, 0.5) is 0 Å². The molecular weight excluding hydrogens is 148 g/mol. The van der Waals surface area contributed by atoms with Gasteiger partial charge in [0.05, 0.1) is 0 Å². The third-order valence-corrected chi connectivity index (χ3v) is 2.68. The molecular formula is C11H22O. The summed E-state index contributed by atoms with van der Waals surface area (Å²) in [6.07, 6.45) is 2.90.